The fourth-order valence-corrected chi connectivity index (χ4v) is 3.55. The van der Waals surface area contributed by atoms with E-state index in [0.29, 0.717) is 41.8 Å². The zero-order chi connectivity index (χ0) is 21.7. The largest absolute Gasteiger partial charge is 0.416 e. The standard InChI is InChI=1S/C21H21Cl2F3N2O2/c22-18-6-3-15(9-19(18)23)12-28-7-8-30-17(13-28)11-27-20(29)10-14-1-4-16(5-2-14)21(24,25)26/h1-6,9,17H,7-8,10-13H2,(H,27,29). The van der Waals surface area contributed by atoms with Gasteiger partial charge in [0.15, 0.2) is 0 Å². The summed E-state index contributed by atoms with van der Waals surface area (Å²) in [4.78, 5) is 14.4. The van der Waals surface area contributed by atoms with Gasteiger partial charge in [-0.15, -0.1) is 0 Å². The highest BCUT2D eigenvalue weighted by Crippen LogP contribution is 2.29. The normalized spacial score (nSPS) is 17.7. The van der Waals surface area contributed by atoms with E-state index in [-0.39, 0.29) is 18.4 Å². The molecule has 2 aromatic rings. The summed E-state index contributed by atoms with van der Waals surface area (Å²) in [6, 6.07) is 10.1. The Morgan fingerprint density at radius 2 is 1.80 bits per heavy atom. The molecule has 1 aliphatic heterocycles. The van der Waals surface area contributed by atoms with Crippen LogP contribution in [-0.2, 0) is 28.7 Å². The predicted octanol–water partition coefficient (Wildman–Crippen LogP) is 4.57. The number of amides is 1. The zero-order valence-electron chi connectivity index (χ0n) is 16.0. The maximum absolute atomic E-state index is 12.6. The minimum absolute atomic E-state index is 0.0118. The van der Waals surface area contributed by atoms with Crippen molar-refractivity contribution in [2.75, 3.05) is 26.2 Å². The second kappa shape index (κ2) is 10.0. The van der Waals surface area contributed by atoms with Gasteiger partial charge in [0.2, 0.25) is 5.91 Å². The van der Waals surface area contributed by atoms with Gasteiger partial charge in [-0.2, -0.15) is 13.2 Å². The molecule has 1 amide bonds. The third kappa shape index (κ3) is 6.60. The van der Waals surface area contributed by atoms with E-state index in [4.69, 9.17) is 27.9 Å². The number of nitrogens with zero attached hydrogens (tertiary/aromatic N) is 1. The Labute approximate surface area is 182 Å². The van der Waals surface area contributed by atoms with Gasteiger partial charge in [-0.25, -0.2) is 0 Å². The van der Waals surface area contributed by atoms with Crippen LogP contribution in [0, 0.1) is 0 Å². The van der Waals surface area contributed by atoms with E-state index in [1.807, 2.05) is 12.1 Å². The van der Waals surface area contributed by atoms with E-state index in [1.165, 1.54) is 12.1 Å². The first-order valence-corrected chi connectivity index (χ1v) is 10.2. The number of ether oxygens (including phenoxy) is 1. The molecular formula is C21H21Cl2F3N2O2. The third-order valence-electron chi connectivity index (χ3n) is 4.79. The van der Waals surface area contributed by atoms with E-state index in [1.54, 1.807) is 6.07 Å². The van der Waals surface area contributed by atoms with Crippen LogP contribution < -0.4 is 5.32 Å². The molecule has 1 N–H and O–H groups in total. The number of rotatable bonds is 6. The summed E-state index contributed by atoms with van der Waals surface area (Å²) in [7, 11) is 0. The Morgan fingerprint density at radius 1 is 1.10 bits per heavy atom. The van der Waals surface area contributed by atoms with E-state index in [2.05, 4.69) is 10.2 Å². The summed E-state index contributed by atoms with van der Waals surface area (Å²) in [5.74, 6) is -0.264. The Hall–Kier alpha value is -1.80. The van der Waals surface area contributed by atoms with Crippen LogP contribution in [0.1, 0.15) is 16.7 Å². The summed E-state index contributed by atoms with van der Waals surface area (Å²) in [5, 5.41) is 3.81. The lowest BCUT2D eigenvalue weighted by atomic mass is 10.1. The van der Waals surface area contributed by atoms with Crippen molar-refractivity contribution in [2.24, 2.45) is 0 Å². The third-order valence-corrected chi connectivity index (χ3v) is 5.52. The first-order chi connectivity index (χ1) is 14.2. The second-order valence-electron chi connectivity index (χ2n) is 7.15. The van der Waals surface area contributed by atoms with Crippen molar-refractivity contribution in [3.63, 3.8) is 0 Å². The Balaban J connectivity index is 1.45. The van der Waals surface area contributed by atoms with Crippen LogP contribution in [0.2, 0.25) is 10.0 Å². The maximum atomic E-state index is 12.6. The van der Waals surface area contributed by atoms with Gasteiger partial charge in [-0.3, -0.25) is 9.69 Å². The molecule has 1 atom stereocenters. The summed E-state index contributed by atoms with van der Waals surface area (Å²) in [6.45, 7) is 2.96. The molecule has 3 rings (SSSR count). The zero-order valence-corrected chi connectivity index (χ0v) is 17.5. The Kier molecular flexibility index (Phi) is 7.63. The van der Waals surface area contributed by atoms with Crippen LogP contribution >= 0.6 is 23.2 Å². The highest BCUT2D eigenvalue weighted by atomic mass is 35.5. The molecule has 4 nitrogen and oxygen atoms in total. The molecule has 9 heteroatoms. The Morgan fingerprint density at radius 3 is 2.47 bits per heavy atom. The van der Waals surface area contributed by atoms with Crippen LogP contribution in [-0.4, -0.2) is 43.2 Å². The van der Waals surface area contributed by atoms with Gasteiger partial charge in [-0.1, -0.05) is 41.4 Å². The SMILES string of the molecule is O=C(Cc1ccc(C(F)(F)F)cc1)NCC1CN(Cc2ccc(Cl)c(Cl)c2)CCO1. The average molecular weight is 461 g/mol. The molecule has 0 aliphatic carbocycles. The molecule has 0 aromatic heterocycles. The minimum Gasteiger partial charge on any atom is -0.374 e. The van der Waals surface area contributed by atoms with Crippen LogP contribution in [0.25, 0.3) is 0 Å². The molecule has 0 spiro atoms. The quantitative estimate of drug-likeness (QED) is 0.686. The van der Waals surface area contributed by atoms with Crippen molar-refractivity contribution in [3.05, 3.63) is 69.2 Å². The van der Waals surface area contributed by atoms with Crippen LogP contribution in [0.3, 0.4) is 0 Å². The number of carbonyl (C=O) groups excluding carboxylic acids is 1. The van der Waals surface area contributed by atoms with Gasteiger partial charge < -0.3 is 10.1 Å². The lowest BCUT2D eigenvalue weighted by molar-refractivity contribution is -0.137. The average Bonchev–Trinajstić information content (AvgIpc) is 2.69. The molecule has 30 heavy (non-hydrogen) atoms. The number of hydrogen-bond donors (Lipinski definition) is 1. The molecule has 1 heterocycles. The first kappa shape index (κ1) is 22.9. The van der Waals surface area contributed by atoms with Crippen LogP contribution in [0.15, 0.2) is 42.5 Å². The second-order valence-corrected chi connectivity index (χ2v) is 7.97. The number of carbonyl (C=O) groups is 1. The lowest BCUT2D eigenvalue weighted by Gasteiger charge is -2.33. The molecule has 162 valence electrons. The monoisotopic (exact) mass is 460 g/mol. The summed E-state index contributed by atoms with van der Waals surface area (Å²) < 4.78 is 43.5. The topological polar surface area (TPSA) is 41.6 Å². The van der Waals surface area contributed by atoms with E-state index in [0.717, 1.165) is 24.2 Å². The van der Waals surface area contributed by atoms with Crippen molar-refractivity contribution in [2.45, 2.75) is 25.2 Å². The Bertz CT molecular complexity index is 876. The fourth-order valence-electron chi connectivity index (χ4n) is 3.23. The fraction of sp³-hybridized carbons (Fsp3) is 0.381. The van der Waals surface area contributed by atoms with Crippen molar-refractivity contribution in [1.29, 1.82) is 0 Å². The van der Waals surface area contributed by atoms with Crippen molar-refractivity contribution in [1.82, 2.24) is 10.2 Å². The van der Waals surface area contributed by atoms with E-state index >= 15 is 0 Å². The van der Waals surface area contributed by atoms with Gasteiger partial charge in [0.05, 0.1) is 34.7 Å². The molecule has 1 fully saturated rings. The van der Waals surface area contributed by atoms with Crippen LogP contribution in [0.5, 0.6) is 0 Å². The van der Waals surface area contributed by atoms with Crippen molar-refractivity contribution >= 4 is 29.1 Å². The number of alkyl halides is 3. The van der Waals surface area contributed by atoms with Crippen molar-refractivity contribution in [3.8, 4) is 0 Å². The molecule has 2 aromatic carbocycles. The van der Waals surface area contributed by atoms with Crippen LogP contribution in [0.4, 0.5) is 13.2 Å². The minimum atomic E-state index is -4.39. The summed E-state index contributed by atoms with van der Waals surface area (Å²) in [6.07, 6.45) is -4.54. The molecular weight excluding hydrogens is 440 g/mol. The predicted molar refractivity (Wildman–Crippen MR) is 110 cm³/mol. The smallest absolute Gasteiger partial charge is 0.374 e. The van der Waals surface area contributed by atoms with Gasteiger partial charge >= 0.3 is 6.18 Å². The van der Waals surface area contributed by atoms with Gasteiger partial charge in [0.1, 0.15) is 0 Å². The van der Waals surface area contributed by atoms with Crippen molar-refractivity contribution < 1.29 is 22.7 Å². The van der Waals surface area contributed by atoms with Gasteiger partial charge in [0.25, 0.3) is 0 Å². The molecule has 0 bridgehead atoms. The maximum Gasteiger partial charge on any atom is 0.416 e. The number of halogens is 5. The van der Waals surface area contributed by atoms with E-state index < -0.39 is 11.7 Å². The first-order valence-electron chi connectivity index (χ1n) is 9.41. The van der Waals surface area contributed by atoms with Gasteiger partial charge in [0, 0.05) is 26.2 Å². The molecule has 1 aliphatic rings. The summed E-state index contributed by atoms with van der Waals surface area (Å²) >= 11 is 12.0. The highest BCUT2D eigenvalue weighted by Gasteiger charge is 2.30. The lowest BCUT2D eigenvalue weighted by Crippen LogP contribution is -2.47. The number of benzene rings is 2. The number of hydrogen-bond acceptors (Lipinski definition) is 3. The molecule has 0 saturated carbocycles. The molecule has 0 radical (unpaired) electrons. The van der Waals surface area contributed by atoms with E-state index in [9.17, 15) is 18.0 Å². The molecule has 1 saturated heterocycles. The highest BCUT2D eigenvalue weighted by molar-refractivity contribution is 6.42. The molecule has 1 unspecified atom stereocenters. The number of morpholine rings is 1. The summed E-state index contributed by atoms with van der Waals surface area (Å²) in [5.41, 5.74) is 0.826. The number of nitrogens with one attached hydrogen (secondary N) is 1. The van der Waals surface area contributed by atoms with Gasteiger partial charge in [-0.05, 0) is 35.4 Å².